The predicted octanol–water partition coefficient (Wildman–Crippen LogP) is 3.30. The van der Waals surface area contributed by atoms with E-state index in [1.807, 2.05) is 41.5 Å². The molecule has 0 unspecified atom stereocenters. The van der Waals surface area contributed by atoms with E-state index in [9.17, 15) is 9.18 Å². The Morgan fingerprint density at radius 2 is 1.44 bits per heavy atom. The van der Waals surface area contributed by atoms with Crippen molar-refractivity contribution in [2.45, 2.75) is 52.7 Å². The van der Waals surface area contributed by atoms with E-state index in [0.717, 1.165) is 5.46 Å². The molecular weight excluding hydrogens is 320 g/mol. The maximum atomic E-state index is 13.1. The van der Waals surface area contributed by atoms with E-state index in [-0.39, 0.29) is 11.4 Å². The molecular formula is C19H25BFNO3. The summed E-state index contributed by atoms with van der Waals surface area (Å²) in [6, 6.07) is 8.93. The lowest BCUT2D eigenvalue weighted by Gasteiger charge is -2.32. The number of hydrogen-bond acceptors (Lipinski definition) is 3. The zero-order valence-electron chi connectivity index (χ0n) is 15.7. The van der Waals surface area contributed by atoms with E-state index in [2.05, 4.69) is 0 Å². The second kappa shape index (κ2) is 7.14. The van der Waals surface area contributed by atoms with Gasteiger partial charge in [0, 0.05) is 18.0 Å². The number of halogens is 1. The van der Waals surface area contributed by atoms with Crippen molar-refractivity contribution in [2.75, 3.05) is 0 Å². The summed E-state index contributed by atoms with van der Waals surface area (Å²) >= 11 is 0. The van der Waals surface area contributed by atoms with Gasteiger partial charge in [0.25, 0.3) is 5.56 Å². The third-order valence-electron chi connectivity index (χ3n) is 4.56. The van der Waals surface area contributed by atoms with Crippen LogP contribution in [0, 0.1) is 5.82 Å². The highest BCUT2D eigenvalue weighted by Gasteiger charge is 2.51. The van der Waals surface area contributed by atoms with Crippen LogP contribution in [0.3, 0.4) is 0 Å². The van der Waals surface area contributed by atoms with Crippen molar-refractivity contribution >= 4 is 12.6 Å². The van der Waals surface area contributed by atoms with Crippen molar-refractivity contribution in [3.8, 4) is 5.69 Å². The monoisotopic (exact) mass is 345 g/mol. The molecule has 1 aliphatic rings. The van der Waals surface area contributed by atoms with Gasteiger partial charge in [-0.2, -0.15) is 0 Å². The Morgan fingerprint density at radius 3 is 1.96 bits per heavy atom. The van der Waals surface area contributed by atoms with Crippen LogP contribution in [0.1, 0.15) is 41.5 Å². The molecule has 6 heteroatoms. The van der Waals surface area contributed by atoms with Crippen molar-refractivity contribution in [3.63, 3.8) is 0 Å². The standard InChI is InChI=1S/C17H19BFNO3.C2H6/c1-16(2)17(3,4)23-18(22-16)12-5-10-15(21)20(11-12)14-8-6-13(19)7-9-14;1-2/h5-11H,1-4H3;1-2H3. The van der Waals surface area contributed by atoms with Gasteiger partial charge in [0.2, 0.25) is 0 Å². The zero-order chi connectivity index (χ0) is 18.8. The first-order chi connectivity index (χ1) is 11.7. The molecule has 1 aromatic heterocycles. The lowest BCUT2D eigenvalue weighted by Crippen LogP contribution is -2.41. The molecule has 1 fully saturated rings. The Labute approximate surface area is 148 Å². The van der Waals surface area contributed by atoms with Crippen molar-refractivity contribution in [1.82, 2.24) is 4.57 Å². The van der Waals surface area contributed by atoms with E-state index in [0.29, 0.717) is 5.69 Å². The highest BCUT2D eigenvalue weighted by atomic mass is 19.1. The molecule has 25 heavy (non-hydrogen) atoms. The molecule has 0 saturated carbocycles. The maximum absolute atomic E-state index is 13.1. The van der Waals surface area contributed by atoms with Gasteiger partial charge in [-0.1, -0.05) is 19.9 Å². The molecule has 0 amide bonds. The summed E-state index contributed by atoms with van der Waals surface area (Å²) in [4.78, 5) is 12.1. The van der Waals surface area contributed by atoms with E-state index >= 15 is 0 Å². The molecule has 134 valence electrons. The highest BCUT2D eigenvalue weighted by molar-refractivity contribution is 6.62. The van der Waals surface area contributed by atoms with Gasteiger partial charge in [0.05, 0.1) is 11.2 Å². The Bertz CT molecular complexity index is 768. The third kappa shape index (κ3) is 3.85. The van der Waals surface area contributed by atoms with Crippen LogP contribution in [0.5, 0.6) is 0 Å². The van der Waals surface area contributed by atoms with Crippen LogP contribution in [-0.4, -0.2) is 22.9 Å². The average molecular weight is 345 g/mol. The van der Waals surface area contributed by atoms with Crippen LogP contribution in [0.15, 0.2) is 47.4 Å². The van der Waals surface area contributed by atoms with E-state index in [4.69, 9.17) is 9.31 Å². The van der Waals surface area contributed by atoms with Gasteiger partial charge in [0.15, 0.2) is 0 Å². The first-order valence-electron chi connectivity index (χ1n) is 8.54. The Balaban J connectivity index is 0.00000109. The van der Waals surface area contributed by atoms with Gasteiger partial charge in [-0.15, -0.1) is 0 Å². The van der Waals surface area contributed by atoms with Crippen LogP contribution < -0.4 is 11.0 Å². The largest absolute Gasteiger partial charge is 0.496 e. The summed E-state index contributed by atoms with van der Waals surface area (Å²) in [6.45, 7) is 11.9. The molecule has 0 spiro atoms. The van der Waals surface area contributed by atoms with Crippen molar-refractivity contribution in [3.05, 3.63) is 58.8 Å². The fraction of sp³-hybridized carbons (Fsp3) is 0.421. The molecule has 2 heterocycles. The average Bonchev–Trinajstić information content (AvgIpc) is 2.79. The molecule has 0 bridgehead atoms. The lowest BCUT2D eigenvalue weighted by molar-refractivity contribution is 0.00578. The Hall–Kier alpha value is -1.92. The molecule has 1 saturated heterocycles. The number of rotatable bonds is 2. The minimum absolute atomic E-state index is 0.197. The van der Waals surface area contributed by atoms with Crippen molar-refractivity contribution < 1.29 is 13.7 Å². The summed E-state index contributed by atoms with van der Waals surface area (Å²) in [5, 5.41) is 0. The molecule has 0 atom stereocenters. The van der Waals surface area contributed by atoms with Crippen LogP contribution in [0.2, 0.25) is 0 Å². The number of benzene rings is 1. The molecule has 2 aromatic rings. The molecule has 0 N–H and O–H groups in total. The van der Waals surface area contributed by atoms with Gasteiger partial charge < -0.3 is 9.31 Å². The summed E-state index contributed by atoms with van der Waals surface area (Å²) in [5.41, 5.74) is 0.238. The third-order valence-corrected chi connectivity index (χ3v) is 4.56. The molecule has 4 nitrogen and oxygen atoms in total. The lowest BCUT2D eigenvalue weighted by atomic mass is 9.80. The minimum atomic E-state index is -0.549. The SMILES string of the molecule is CC.CC1(C)OB(c2ccc(=O)n(-c3ccc(F)cc3)c2)OC1(C)C. The van der Waals surface area contributed by atoms with Crippen LogP contribution >= 0.6 is 0 Å². The van der Waals surface area contributed by atoms with Crippen LogP contribution in [0.4, 0.5) is 4.39 Å². The van der Waals surface area contributed by atoms with Crippen LogP contribution in [0.25, 0.3) is 5.69 Å². The molecule has 1 aliphatic heterocycles. The van der Waals surface area contributed by atoms with E-state index in [1.54, 1.807) is 24.4 Å². The second-order valence-electron chi connectivity index (χ2n) is 6.74. The number of aromatic nitrogens is 1. The summed E-state index contributed by atoms with van der Waals surface area (Å²) in [5.74, 6) is -0.344. The minimum Gasteiger partial charge on any atom is -0.399 e. The van der Waals surface area contributed by atoms with Gasteiger partial charge >= 0.3 is 7.12 Å². The van der Waals surface area contributed by atoms with E-state index < -0.39 is 18.3 Å². The normalized spacial score (nSPS) is 17.8. The van der Waals surface area contributed by atoms with Gasteiger partial charge in [-0.25, -0.2) is 4.39 Å². The van der Waals surface area contributed by atoms with Crippen molar-refractivity contribution in [2.24, 2.45) is 0 Å². The molecule has 3 rings (SSSR count). The van der Waals surface area contributed by atoms with Crippen molar-refractivity contribution in [1.29, 1.82) is 0 Å². The highest BCUT2D eigenvalue weighted by Crippen LogP contribution is 2.36. The predicted molar refractivity (Wildman–Crippen MR) is 99.1 cm³/mol. The van der Waals surface area contributed by atoms with Crippen LogP contribution in [-0.2, 0) is 9.31 Å². The maximum Gasteiger partial charge on any atom is 0.496 e. The summed E-state index contributed by atoms with van der Waals surface area (Å²) in [6.07, 6.45) is 1.68. The number of hydrogen-bond donors (Lipinski definition) is 0. The second-order valence-corrected chi connectivity index (χ2v) is 6.74. The molecule has 1 aromatic carbocycles. The fourth-order valence-corrected chi connectivity index (χ4v) is 2.43. The first-order valence-corrected chi connectivity index (χ1v) is 8.54. The zero-order valence-corrected chi connectivity index (χ0v) is 15.7. The molecule has 0 radical (unpaired) electrons. The van der Waals surface area contributed by atoms with Gasteiger partial charge in [-0.3, -0.25) is 9.36 Å². The summed E-state index contributed by atoms with van der Waals surface area (Å²) in [7, 11) is -0.549. The van der Waals surface area contributed by atoms with E-state index in [1.165, 1.54) is 22.8 Å². The number of pyridine rings is 1. The topological polar surface area (TPSA) is 40.5 Å². The Kier molecular flexibility index (Phi) is 5.54. The van der Waals surface area contributed by atoms with Gasteiger partial charge in [0.1, 0.15) is 5.82 Å². The molecule has 0 aliphatic carbocycles. The quantitative estimate of drug-likeness (QED) is 0.784. The fourth-order valence-electron chi connectivity index (χ4n) is 2.43. The first kappa shape index (κ1) is 19.4. The Morgan fingerprint density at radius 1 is 0.920 bits per heavy atom. The summed E-state index contributed by atoms with van der Waals surface area (Å²) < 4.78 is 26.5. The smallest absolute Gasteiger partial charge is 0.399 e. The van der Waals surface area contributed by atoms with Gasteiger partial charge in [-0.05, 0) is 57.4 Å². The number of nitrogens with zero attached hydrogens (tertiary/aromatic N) is 1.